The number of piperazine rings is 1. The zero-order valence-corrected chi connectivity index (χ0v) is 25.8. The molecule has 3 N–H and O–H groups in total. The third-order valence-corrected chi connectivity index (χ3v) is 10.8. The van der Waals surface area contributed by atoms with E-state index in [1.54, 1.807) is 18.7 Å². The number of nitrogens with one attached hydrogen (secondary N) is 2. The average molecular weight is 610 g/mol. The van der Waals surface area contributed by atoms with Crippen molar-refractivity contribution in [3.8, 4) is 0 Å². The van der Waals surface area contributed by atoms with E-state index in [-0.39, 0.29) is 24.3 Å². The molecule has 3 fully saturated rings. The first kappa shape index (κ1) is 28.5. The van der Waals surface area contributed by atoms with Crippen LogP contribution in [0.1, 0.15) is 43.4 Å². The van der Waals surface area contributed by atoms with Crippen LogP contribution in [-0.4, -0.2) is 92.4 Å². The largest absolute Gasteiger partial charge is 0.361 e. The van der Waals surface area contributed by atoms with E-state index in [1.165, 1.54) is 15.8 Å². The van der Waals surface area contributed by atoms with Gasteiger partial charge in [-0.2, -0.15) is 0 Å². The molecule has 6 atom stereocenters. The minimum atomic E-state index is -2.06. The van der Waals surface area contributed by atoms with Crippen molar-refractivity contribution in [3.63, 3.8) is 0 Å². The molecule has 10 nitrogen and oxygen atoms in total. The minimum Gasteiger partial charge on any atom is -0.361 e. The first-order valence-corrected chi connectivity index (χ1v) is 16.1. The van der Waals surface area contributed by atoms with Crippen LogP contribution in [0.15, 0.2) is 60.8 Å². The predicted octanol–water partition coefficient (Wildman–Crippen LogP) is 2.63. The fraction of sp³-hybridized carbons (Fsp3) is 0.457. The normalized spacial score (nSPS) is 32.5. The molecule has 3 aromatic rings. The SMILES string of the molecule is CC(C)[C@@]1(NC(=O)[C@@H]2C=C3c4cccc5[nH]cc(c45)C[C@H]3N(C)C2)O[C@@]2(O)[C@@H]3CCCN3C(=O)C(Cc3ccccc3)N2C1=O. The number of aromatic nitrogens is 1. The van der Waals surface area contributed by atoms with E-state index < -0.39 is 41.5 Å². The van der Waals surface area contributed by atoms with Crippen LogP contribution in [0.3, 0.4) is 0 Å². The smallest absolute Gasteiger partial charge is 0.281 e. The highest BCUT2D eigenvalue weighted by Gasteiger charge is 2.72. The van der Waals surface area contributed by atoms with Crippen LogP contribution in [0.5, 0.6) is 0 Å². The van der Waals surface area contributed by atoms with Crippen LogP contribution >= 0.6 is 0 Å². The first-order chi connectivity index (χ1) is 21.6. The van der Waals surface area contributed by atoms with Crippen LogP contribution in [0.4, 0.5) is 0 Å². The Balaban J connectivity index is 1.15. The van der Waals surface area contributed by atoms with E-state index in [1.807, 2.05) is 49.5 Å². The third kappa shape index (κ3) is 4.01. The van der Waals surface area contributed by atoms with Gasteiger partial charge >= 0.3 is 0 Å². The van der Waals surface area contributed by atoms with E-state index in [0.717, 1.165) is 28.6 Å². The number of likely N-dealkylation sites (N-methyl/N-ethyl adjacent to an activating group) is 1. The van der Waals surface area contributed by atoms with Gasteiger partial charge in [-0.15, -0.1) is 0 Å². The quantitative estimate of drug-likeness (QED) is 0.410. The number of nitrogens with zero attached hydrogens (tertiary/aromatic N) is 3. The predicted molar refractivity (Wildman–Crippen MR) is 167 cm³/mol. The van der Waals surface area contributed by atoms with Crippen molar-refractivity contribution in [2.75, 3.05) is 20.1 Å². The monoisotopic (exact) mass is 609 g/mol. The topological polar surface area (TPSA) is 118 Å². The highest BCUT2D eigenvalue weighted by molar-refractivity contribution is 6.01. The molecule has 10 heteroatoms. The van der Waals surface area contributed by atoms with E-state index in [9.17, 15) is 19.5 Å². The van der Waals surface area contributed by atoms with Gasteiger partial charge in [0.25, 0.3) is 11.8 Å². The Labute approximate surface area is 262 Å². The van der Waals surface area contributed by atoms with Gasteiger partial charge in [0.05, 0.1) is 5.92 Å². The standard InChI is InChI=1S/C35H39N5O5/c1-20(2)34(37-31(41)23-16-25-24-11-7-12-26-30(24)22(18-36-26)17-27(25)38(3)19-23)33(43)40-28(15-21-9-5-4-6-10-21)32(42)39-14-8-13-29(39)35(40,44)45-34/h4-7,9-12,16,18,20,23,27-29,36,44H,8,13-15,17,19H2,1-3H3,(H,37,41)/t23-,27-,28?,29+,34-,35+/m1/s1. The Morgan fingerprint density at radius 1 is 1.16 bits per heavy atom. The fourth-order valence-electron chi connectivity index (χ4n) is 8.47. The molecule has 0 bridgehead atoms. The van der Waals surface area contributed by atoms with Gasteiger partial charge in [0.1, 0.15) is 12.1 Å². The molecule has 45 heavy (non-hydrogen) atoms. The maximum Gasteiger partial charge on any atom is 0.281 e. The van der Waals surface area contributed by atoms with E-state index in [2.05, 4.69) is 33.5 Å². The highest BCUT2D eigenvalue weighted by atomic mass is 16.7. The van der Waals surface area contributed by atoms with Crippen molar-refractivity contribution < 1.29 is 24.2 Å². The van der Waals surface area contributed by atoms with E-state index in [0.29, 0.717) is 25.9 Å². The maximum absolute atomic E-state index is 14.6. The van der Waals surface area contributed by atoms with Crippen molar-refractivity contribution in [1.82, 2.24) is 25.0 Å². The van der Waals surface area contributed by atoms with Gasteiger partial charge in [-0.3, -0.25) is 28.9 Å². The molecule has 1 unspecified atom stereocenters. The molecule has 234 valence electrons. The lowest BCUT2D eigenvalue weighted by Crippen LogP contribution is -2.71. The van der Waals surface area contributed by atoms with Gasteiger partial charge in [0, 0.05) is 48.6 Å². The molecular weight excluding hydrogens is 570 g/mol. The summed E-state index contributed by atoms with van der Waals surface area (Å²) in [6.45, 7) is 4.56. The number of hydrogen-bond donors (Lipinski definition) is 3. The Bertz CT molecular complexity index is 1750. The number of aromatic amines is 1. The summed E-state index contributed by atoms with van der Waals surface area (Å²) in [5, 5.41) is 16.5. The number of H-pyrrole nitrogens is 1. The highest BCUT2D eigenvalue weighted by Crippen LogP contribution is 2.48. The summed E-state index contributed by atoms with van der Waals surface area (Å²) in [4.78, 5) is 51.2. The lowest BCUT2D eigenvalue weighted by atomic mass is 9.79. The number of aliphatic hydroxyl groups is 1. The number of ether oxygens (including phenoxy) is 1. The Morgan fingerprint density at radius 3 is 2.73 bits per heavy atom. The maximum atomic E-state index is 14.6. The number of hydrogen-bond acceptors (Lipinski definition) is 6. The summed E-state index contributed by atoms with van der Waals surface area (Å²) in [5.41, 5.74) is 3.59. The van der Waals surface area contributed by atoms with Gasteiger partial charge in [0.2, 0.25) is 17.5 Å². The minimum absolute atomic E-state index is 0.138. The van der Waals surface area contributed by atoms with Crippen molar-refractivity contribution in [2.45, 2.75) is 69.3 Å². The molecule has 4 aliphatic heterocycles. The van der Waals surface area contributed by atoms with Crippen LogP contribution in [0, 0.1) is 11.8 Å². The van der Waals surface area contributed by atoms with Gasteiger partial charge in [-0.05, 0) is 54.6 Å². The second-order valence-electron chi connectivity index (χ2n) is 13.6. The molecule has 5 aliphatic rings. The fourth-order valence-corrected chi connectivity index (χ4v) is 8.47. The molecule has 8 rings (SSSR count). The number of fused-ring (bicyclic) bond motifs is 5. The molecule has 0 saturated carbocycles. The van der Waals surface area contributed by atoms with Crippen LogP contribution in [-0.2, 0) is 32.0 Å². The van der Waals surface area contributed by atoms with Crippen molar-refractivity contribution in [2.24, 2.45) is 11.8 Å². The summed E-state index contributed by atoms with van der Waals surface area (Å²) < 4.78 is 6.49. The van der Waals surface area contributed by atoms with Crippen LogP contribution in [0.2, 0.25) is 0 Å². The summed E-state index contributed by atoms with van der Waals surface area (Å²) in [7, 11) is 2.03. The molecule has 0 spiro atoms. The molecule has 5 heterocycles. The molecule has 3 saturated heterocycles. The number of benzene rings is 2. The second-order valence-corrected chi connectivity index (χ2v) is 13.6. The Hall–Kier alpha value is -3.99. The summed E-state index contributed by atoms with van der Waals surface area (Å²) in [6.07, 6.45) is 6.40. The summed E-state index contributed by atoms with van der Waals surface area (Å²) in [5.74, 6) is -4.27. The number of amides is 3. The van der Waals surface area contributed by atoms with Crippen molar-refractivity contribution in [3.05, 3.63) is 77.5 Å². The molecule has 1 aromatic heterocycles. The second kappa shape index (κ2) is 10.0. The zero-order valence-electron chi connectivity index (χ0n) is 25.8. The van der Waals surface area contributed by atoms with Crippen molar-refractivity contribution >= 4 is 34.2 Å². The van der Waals surface area contributed by atoms with Gasteiger partial charge < -0.3 is 20.3 Å². The summed E-state index contributed by atoms with van der Waals surface area (Å²) >= 11 is 0. The third-order valence-electron chi connectivity index (χ3n) is 10.8. The van der Waals surface area contributed by atoms with E-state index >= 15 is 0 Å². The number of rotatable bonds is 5. The number of carbonyl (C=O) groups excluding carboxylic acids is 3. The van der Waals surface area contributed by atoms with E-state index in [4.69, 9.17) is 4.74 Å². The Kier molecular flexibility index (Phi) is 6.33. The van der Waals surface area contributed by atoms with Gasteiger partial charge in [-0.1, -0.05) is 62.4 Å². The van der Waals surface area contributed by atoms with Crippen LogP contribution in [0.25, 0.3) is 16.5 Å². The summed E-state index contributed by atoms with van der Waals surface area (Å²) in [6, 6.07) is 14.2. The molecule has 0 radical (unpaired) electrons. The number of carbonyl (C=O) groups is 3. The molecular formula is C35H39N5O5. The van der Waals surface area contributed by atoms with Gasteiger partial charge in [0.15, 0.2) is 0 Å². The van der Waals surface area contributed by atoms with Crippen molar-refractivity contribution in [1.29, 1.82) is 0 Å². The Morgan fingerprint density at radius 2 is 1.96 bits per heavy atom. The molecule has 2 aromatic carbocycles. The average Bonchev–Trinajstić information content (AvgIpc) is 3.74. The van der Waals surface area contributed by atoms with Gasteiger partial charge in [-0.25, -0.2) is 0 Å². The molecule has 1 aliphatic carbocycles. The first-order valence-electron chi connectivity index (χ1n) is 16.1. The molecule has 3 amide bonds. The lowest BCUT2D eigenvalue weighted by Gasteiger charge is -2.48. The lowest BCUT2D eigenvalue weighted by molar-refractivity contribution is -0.321. The zero-order chi connectivity index (χ0) is 31.2. The van der Waals surface area contributed by atoms with Crippen LogP contribution < -0.4 is 5.32 Å².